The lowest BCUT2D eigenvalue weighted by Gasteiger charge is -2.43. The van der Waals surface area contributed by atoms with Gasteiger partial charge in [-0.3, -0.25) is 57.7 Å². The van der Waals surface area contributed by atoms with Gasteiger partial charge < -0.3 is 54.8 Å². The third-order valence-electron chi connectivity index (χ3n) is 10.6. The molecule has 8 atom stereocenters. The maximum absolute atomic E-state index is 14.6. The summed E-state index contributed by atoms with van der Waals surface area (Å²) in [6.07, 6.45) is -3.88. The number of aryl methyl sites for hydroxylation is 1. The zero-order valence-corrected chi connectivity index (χ0v) is 35.7. The molecule has 1 fully saturated rings. The highest BCUT2D eigenvalue weighted by atomic mass is 16.3. The van der Waals surface area contributed by atoms with Crippen molar-refractivity contribution in [3.8, 4) is 0 Å². The maximum atomic E-state index is 14.6. The number of rotatable bonds is 24. The molecule has 22 heteroatoms. The minimum absolute atomic E-state index is 0.0759. The van der Waals surface area contributed by atoms with E-state index in [-0.39, 0.29) is 13.0 Å². The van der Waals surface area contributed by atoms with Crippen LogP contribution in [0, 0.1) is 17.8 Å². The van der Waals surface area contributed by atoms with E-state index in [2.05, 4.69) is 16.0 Å². The molecule has 1 aliphatic rings. The number of primary amides is 3. The number of imide groups is 2. The van der Waals surface area contributed by atoms with E-state index < -0.39 is 157 Å². The first-order chi connectivity index (χ1) is 28.9. The first kappa shape index (κ1) is 52.5. The molecule has 0 aliphatic carbocycles. The number of hydrogen-bond donors (Lipinski definition) is 10. The van der Waals surface area contributed by atoms with E-state index in [1.54, 1.807) is 26.0 Å². The molecule has 2 rings (SSSR count). The highest BCUT2D eigenvalue weighted by molar-refractivity contribution is 6.07. The van der Waals surface area contributed by atoms with Crippen molar-refractivity contribution in [3.05, 3.63) is 35.9 Å². The summed E-state index contributed by atoms with van der Waals surface area (Å²) in [5, 5.41) is 27.8. The fraction of sp³-hybridized carbons (Fsp3) is 0.600. The van der Waals surface area contributed by atoms with Gasteiger partial charge in [0.2, 0.25) is 41.4 Å². The van der Waals surface area contributed by atoms with Gasteiger partial charge in [-0.25, -0.2) is 0 Å². The molecule has 1 aromatic rings. The normalized spacial score (nSPS) is 18.3. The lowest BCUT2D eigenvalue weighted by molar-refractivity contribution is -0.164. The highest BCUT2D eigenvalue weighted by Crippen LogP contribution is 2.28. The number of nitrogens with zero attached hydrogens (tertiary/aromatic N) is 2. The van der Waals surface area contributed by atoms with Gasteiger partial charge in [0.15, 0.2) is 11.4 Å². The van der Waals surface area contributed by atoms with Crippen LogP contribution in [0.25, 0.3) is 0 Å². The van der Waals surface area contributed by atoms with Crippen LogP contribution in [0.3, 0.4) is 0 Å². The fourth-order valence-electron chi connectivity index (χ4n) is 7.01. The number of carbonyl (C=O) groups is 10. The highest BCUT2D eigenvalue weighted by Gasteiger charge is 2.53. The van der Waals surface area contributed by atoms with Crippen molar-refractivity contribution in [2.75, 3.05) is 13.2 Å². The third-order valence-corrected chi connectivity index (χ3v) is 10.6. The summed E-state index contributed by atoms with van der Waals surface area (Å²) in [5.74, 6) is -13.4. The van der Waals surface area contributed by atoms with Crippen LogP contribution in [-0.4, -0.2) is 134 Å². The monoisotopic (exact) mass is 874 g/mol. The van der Waals surface area contributed by atoms with Crippen LogP contribution in [-0.2, 0) is 54.4 Å². The van der Waals surface area contributed by atoms with Gasteiger partial charge in [0, 0.05) is 25.8 Å². The lowest BCUT2D eigenvalue weighted by Crippen LogP contribution is -2.73. The smallest absolute Gasteiger partial charge is 0.262 e. The number of nitrogens with two attached hydrogens (primary N) is 5. The second kappa shape index (κ2) is 23.5. The molecule has 1 saturated heterocycles. The van der Waals surface area contributed by atoms with Crippen LogP contribution in [0.5, 0.6) is 0 Å². The summed E-state index contributed by atoms with van der Waals surface area (Å²) in [5.41, 5.74) is 26.9. The molecule has 15 N–H and O–H groups in total. The predicted octanol–water partition coefficient (Wildman–Crippen LogP) is -4.10. The molecule has 0 aromatic heterocycles. The Morgan fingerprint density at radius 2 is 1.52 bits per heavy atom. The van der Waals surface area contributed by atoms with E-state index in [9.17, 15) is 58.2 Å². The number of carbonyl (C=O) groups excluding carboxylic acids is 10. The Kier molecular flexibility index (Phi) is 19.9. The van der Waals surface area contributed by atoms with Crippen molar-refractivity contribution in [3.63, 3.8) is 0 Å². The van der Waals surface area contributed by atoms with Gasteiger partial charge in [0.1, 0.15) is 24.2 Å². The first-order valence-electron chi connectivity index (χ1n) is 20.2. The number of aliphatic hydroxyl groups is 2. The van der Waals surface area contributed by atoms with Gasteiger partial charge in [-0.1, -0.05) is 58.0 Å². The Morgan fingerprint density at radius 1 is 0.903 bits per heavy atom. The summed E-state index contributed by atoms with van der Waals surface area (Å²) in [4.78, 5) is 134. The Morgan fingerprint density at radius 3 is 2.02 bits per heavy atom. The van der Waals surface area contributed by atoms with Gasteiger partial charge in [0.25, 0.3) is 11.8 Å². The number of ketones is 1. The molecule has 1 aliphatic heterocycles. The molecule has 0 bridgehead atoms. The lowest BCUT2D eigenvalue weighted by atomic mass is 9.89. The van der Waals surface area contributed by atoms with E-state index in [0.717, 1.165) is 12.5 Å². The molecule has 9 amide bonds. The quantitative estimate of drug-likeness (QED) is 0.0442. The van der Waals surface area contributed by atoms with Crippen LogP contribution < -0.4 is 44.6 Å². The van der Waals surface area contributed by atoms with Crippen molar-refractivity contribution in [2.45, 2.75) is 122 Å². The third kappa shape index (κ3) is 13.9. The Labute approximate surface area is 359 Å². The molecule has 0 saturated carbocycles. The summed E-state index contributed by atoms with van der Waals surface area (Å²) >= 11 is 0. The Balaban J connectivity index is 2.58. The van der Waals surface area contributed by atoms with Crippen molar-refractivity contribution in [1.82, 2.24) is 25.8 Å². The first-order valence-corrected chi connectivity index (χ1v) is 20.2. The molecular weight excluding hydrogens is 812 g/mol. The molecule has 62 heavy (non-hydrogen) atoms. The van der Waals surface area contributed by atoms with E-state index >= 15 is 0 Å². The van der Waals surface area contributed by atoms with Crippen LogP contribution in [0.2, 0.25) is 0 Å². The van der Waals surface area contributed by atoms with Crippen molar-refractivity contribution < 1.29 is 58.2 Å². The second-order valence-corrected chi connectivity index (χ2v) is 16.1. The van der Waals surface area contributed by atoms with Gasteiger partial charge in [0.05, 0.1) is 31.6 Å². The minimum atomic E-state index is -2.51. The van der Waals surface area contributed by atoms with E-state index in [1.165, 1.54) is 13.8 Å². The molecule has 22 nitrogen and oxygen atoms in total. The molecule has 2 unspecified atom stereocenters. The van der Waals surface area contributed by atoms with Crippen LogP contribution in [0.15, 0.2) is 30.3 Å². The standard InChI is InChI=1S/C40H62N10O12/c1-20(2)33(35(44)58)48-39(62)40(45,21(3)4)50(32(56)16-25(53)12-11-23-9-7-6-8-10-23)38(61)28-15-24(18-46-28)34(57)29(17-31(43)55)49(22(5)52)37(60)27(13-14-30(42)54)47-36(59)26(41)19-51/h6-10,20-21,24-29,33,46,51,53H,11-19,41,45H2,1-5H3,(H2,42,54)(H2,43,55)(H2,44,58)(H,47,59)(H,48,62)/t24?,25?,26-,27-,28-,29-,33-,40-/m0/s1. The van der Waals surface area contributed by atoms with Crippen molar-refractivity contribution in [1.29, 1.82) is 0 Å². The number of benzene rings is 1. The van der Waals surface area contributed by atoms with Crippen LogP contribution in [0.4, 0.5) is 0 Å². The second-order valence-electron chi connectivity index (χ2n) is 16.1. The number of aliphatic hydroxyl groups excluding tert-OH is 2. The fourth-order valence-corrected chi connectivity index (χ4v) is 7.01. The number of Topliss-reactive ketones (excluding diaryl/α,β-unsaturated/α-hetero) is 1. The topological polar surface area (TPSA) is 384 Å². The predicted molar refractivity (Wildman–Crippen MR) is 220 cm³/mol. The molecule has 0 radical (unpaired) electrons. The van der Waals surface area contributed by atoms with Crippen molar-refractivity contribution >= 4 is 58.9 Å². The number of nitrogens with one attached hydrogen (secondary N) is 3. The Bertz CT molecular complexity index is 1830. The van der Waals surface area contributed by atoms with Crippen molar-refractivity contribution in [2.24, 2.45) is 46.4 Å². The summed E-state index contributed by atoms with van der Waals surface area (Å²) < 4.78 is 0. The minimum Gasteiger partial charge on any atom is -0.394 e. The summed E-state index contributed by atoms with van der Waals surface area (Å²) in [7, 11) is 0. The average Bonchev–Trinajstić information content (AvgIpc) is 3.70. The maximum Gasteiger partial charge on any atom is 0.262 e. The van der Waals surface area contributed by atoms with Gasteiger partial charge in [-0.05, 0) is 43.1 Å². The molecule has 1 heterocycles. The van der Waals surface area contributed by atoms with Gasteiger partial charge >= 0.3 is 0 Å². The van der Waals surface area contributed by atoms with Gasteiger partial charge in [-0.15, -0.1) is 0 Å². The molecule has 1 aromatic carbocycles. The number of amides is 9. The largest absolute Gasteiger partial charge is 0.394 e. The van der Waals surface area contributed by atoms with E-state index in [4.69, 9.17) is 28.7 Å². The number of hydrogen-bond acceptors (Lipinski definition) is 15. The van der Waals surface area contributed by atoms with Crippen LogP contribution in [0.1, 0.15) is 78.7 Å². The molecular formula is C40H62N10O12. The summed E-state index contributed by atoms with van der Waals surface area (Å²) in [6, 6.07) is 1.18. The zero-order chi connectivity index (χ0) is 47.2. The van der Waals surface area contributed by atoms with Gasteiger partial charge in [-0.2, -0.15) is 0 Å². The van der Waals surface area contributed by atoms with Crippen LogP contribution >= 0.6 is 0 Å². The average molecular weight is 875 g/mol. The zero-order valence-electron chi connectivity index (χ0n) is 35.7. The Hall–Kier alpha value is -5.68. The van der Waals surface area contributed by atoms with E-state index in [1.807, 2.05) is 18.2 Å². The molecule has 344 valence electrons. The summed E-state index contributed by atoms with van der Waals surface area (Å²) in [6.45, 7) is 5.80. The van der Waals surface area contributed by atoms with E-state index in [0.29, 0.717) is 16.2 Å². The molecule has 0 spiro atoms. The SMILES string of the molecule is CC(=O)N(C(=O)[C@H](CCC(N)=O)NC(=O)[C@@H](N)CO)[C@@H](CC(N)=O)C(=O)C1CN[C@H](C(=O)N(C(=O)CC(O)CCc2ccccc2)[C@](N)(C(=O)N[C@H](C(N)=O)C(C)C)C(C)C)C1.